The molecule has 1 aromatic heterocycles. The van der Waals surface area contributed by atoms with Gasteiger partial charge >= 0.3 is 0 Å². The molecule has 0 saturated carbocycles. The molecule has 0 radical (unpaired) electrons. The lowest BCUT2D eigenvalue weighted by Crippen LogP contribution is -2.13. The Morgan fingerprint density at radius 3 is 2.90 bits per heavy atom. The summed E-state index contributed by atoms with van der Waals surface area (Å²) in [6.07, 6.45) is 3.12. The van der Waals surface area contributed by atoms with Crippen molar-refractivity contribution >= 4 is 27.5 Å². The van der Waals surface area contributed by atoms with Gasteiger partial charge in [0.15, 0.2) is 0 Å². The van der Waals surface area contributed by atoms with Crippen molar-refractivity contribution in [3.8, 4) is 0 Å². The maximum absolute atomic E-state index is 12.1. The topological polar surface area (TPSA) is 62.2 Å². The number of carbonyl (C=O) groups is 1. The molecule has 2 N–H and O–H groups in total. The summed E-state index contributed by atoms with van der Waals surface area (Å²) in [4.78, 5) is 16.2. The molecule has 0 saturated heterocycles. The molecule has 0 fully saturated rings. The van der Waals surface area contributed by atoms with Gasteiger partial charge in [-0.2, -0.15) is 0 Å². The Morgan fingerprint density at radius 2 is 2.15 bits per heavy atom. The molecule has 2 rings (SSSR count). The lowest BCUT2D eigenvalue weighted by atomic mass is 10.1. The Morgan fingerprint density at radius 1 is 1.30 bits per heavy atom. The van der Waals surface area contributed by atoms with Crippen LogP contribution in [-0.2, 0) is 6.42 Å². The molecule has 104 valence electrons. The van der Waals surface area contributed by atoms with E-state index in [0.29, 0.717) is 16.6 Å². The van der Waals surface area contributed by atoms with Crippen LogP contribution in [0.25, 0.3) is 0 Å². The summed E-state index contributed by atoms with van der Waals surface area (Å²) in [5.41, 5.74) is 2.32. The summed E-state index contributed by atoms with van der Waals surface area (Å²) in [5.74, 6) is -0.204. The number of pyridine rings is 1. The van der Waals surface area contributed by atoms with Gasteiger partial charge in [0.2, 0.25) is 0 Å². The van der Waals surface area contributed by atoms with Crippen LogP contribution in [0.15, 0.2) is 47.2 Å². The molecular formula is C15H15BrN2O2. The Balaban J connectivity index is 2.10. The molecule has 5 heteroatoms. The van der Waals surface area contributed by atoms with Crippen LogP contribution < -0.4 is 5.32 Å². The van der Waals surface area contributed by atoms with E-state index in [1.807, 2.05) is 24.3 Å². The zero-order valence-corrected chi connectivity index (χ0v) is 12.4. The number of amides is 1. The molecule has 20 heavy (non-hydrogen) atoms. The Labute approximate surface area is 126 Å². The van der Waals surface area contributed by atoms with Gasteiger partial charge in [-0.1, -0.05) is 12.1 Å². The van der Waals surface area contributed by atoms with E-state index in [4.69, 9.17) is 5.11 Å². The second-order valence-electron chi connectivity index (χ2n) is 4.32. The zero-order chi connectivity index (χ0) is 14.4. The first-order valence-corrected chi connectivity index (χ1v) is 7.11. The average molecular weight is 335 g/mol. The van der Waals surface area contributed by atoms with E-state index in [0.717, 1.165) is 17.7 Å². The van der Waals surface area contributed by atoms with Gasteiger partial charge in [0.05, 0.1) is 5.56 Å². The fraction of sp³-hybridized carbons (Fsp3) is 0.200. The smallest absolute Gasteiger partial charge is 0.258 e. The number of aliphatic hydroxyl groups excluding tert-OH is 1. The highest BCUT2D eigenvalue weighted by Crippen LogP contribution is 2.17. The third-order valence-corrected chi connectivity index (χ3v) is 3.44. The van der Waals surface area contributed by atoms with Gasteiger partial charge in [-0.25, -0.2) is 4.98 Å². The number of anilines is 1. The predicted octanol–water partition coefficient (Wildman–Crippen LogP) is 3.02. The number of aromatic nitrogens is 1. The van der Waals surface area contributed by atoms with E-state index >= 15 is 0 Å². The van der Waals surface area contributed by atoms with Crippen molar-refractivity contribution in [1.29, 1.82) is 0 Å². The van der Waals surface area contributed by atoms with Gasteiger partial charge in [0.25, 0.3) is 5.91 Å². The first-order valence-electron chi connectivity index (χ1n) is 6.32. The fourth-order valence-corrected chi connectivity index (χ4v) is 2.27. The van der Waals surface area contributed by atoms with Gasteiger partial charge in [-0.05, 0) is 58.6 Å². The first-order chi connectivity index (χ1) is 9.70. The molecule has 2 aromatic rings. The van der Waals surface area contributed by atoms with Gasteiger partial charge in [-0.15, -0.1) is 0 Å². The van der Waals surface area contributed by atoms with Gasteiger partial charge in [0.1, 0.15) is 4.60 Å². The van der Waals surface area contributed by atoms with E-state index in [1.54, 1.807) is 18.3 Å². The van der Waals surface area contributed by atoms with Crippen molar-refractivity contribution in [3.63, 3.8) is 0 Å². The molecule has 4 nitrogen and oxygen atoms in total. The summed E-state index contributed by atoms with van der Waals surface area (Å²) < 4.78 is 0.522. The highest BCUT2D eigenvalue weighted by Gasteiger charge is 2.10. The monoisotopic (exact) mass is 334 g/mol. The minimum atomic E-state index is -0.204. The minimum Gasteiger partial charge on any atom is -0.396 e. The number of nitrogens with one attached hydrogen (secondary N) is 1. The lowest BCUT2D eigenvalue weighted by Gasteiger charge is -2.08. The Bertz CT molecular complexity index is 602. The standard InChI is InChI=1S/C15H15BrN2O2/c16-14-13(7-2-8-17-14)15(20)18-12-6-1-4-11(10-12)5-3-9-19/h1-2,4,6-8,10,19H,3,5,9H2,(H,18,20). The molecule has 0 aliphatic heterocycles. The molecule has 0 aliphatic rings. The number of rotatable bonds is 5. The van der Waals surface area contributed by atoms with E-state index in [9.17, 15) is 4.79 Å². The third kappa shape index (κ3) is 3.88. The summed E-state index contributed by atoms with van der Waals surface area (Å²) in [6.45, 7) is 0.166. The number of benzene rings is 1. The van der Waals surface area contributed by atoms with Crippen molar-refractivity contribution in [3.05, 3.63) is 58.3 Å². The molecule has 1 heterocycles. The maximum atomic E-state index is 12.1. The average Bonchev–Trinajstić information content (AvgIpc) is 2.46. The van der Waals surface area contributed by atoms with Crippen molar-refractivity contribution in [2.24, 2.45) is 0 Å². The largest absolute Gasteiger partial charge is 0.396 e. The number of aryl methyl sites for hydroxylation is 1. The molecule has 1 amide bonds. The van der Waals surface area contributed by atoms with Crippen LogP contribution in [0.4, 0.5) is 5.69 Å². The van der Waals surface area contributed by atoms with Gasteiger partial charge in [0, 0.05) is 18.5 Å². The van der Waals surface area contributed by atoms with E-state index < -0.39 is 0 Å². The number of aliphatic hydroxyl groups is 1. The van der Waals surface area contributed by atoms with Crippen LogP contribution in [0.2, 0.25) is 0 Å². The number of halogens is 1. The minimum absolute atomic E-state index is 0.166. The first kappa shape index (κ1) is 14.7. The summed E-state index contributed by atoms with van der Waals surface area (Å²) in [6, 6.07) is 11.0. The van der Waals surface area contributed by atoms with Crippen molar-refractivity contribution in [2.45, 2.75) is 12.8 Å². The molecule has 0 bridgehead atoms. The Hall–Kier alpha value is -1.72. The summed E-state index contributed by atoms with van der Waals surface area (Å²) in [5, 5.41) is 11.7. The number of hydrogen-bond acceptors (Lipinski definition) is 3. The van der Waals surface area contributed by atoms with Crippen molar-refractivity contribution in [2.75, 3.05) is 11.9 Å². The molecule has 1 aromatic carbocycles. The van der Waals surface area contributed by atoms with Gasteiger partial charge in [-0.3, -0.25) is 4.79 Å². The van der Waals surface area contributed by atoms with Crippen LogP contribution >= 0.6 is 15.9 Å². The molecule has 0 unspecified atom stereocenters. The number of carbonyl (C=O) groups excluding carboxylic acids is 1. The van der Waals surface area contributed by atoms with Crippen LogP contribution in [0.3, 0.4) is 0 Å². The zero-order valence-electron chi connectivity index (χ0n) is 10.8. The van der Waals surface area contributed by atoms with E-state index in [2.05, 4.69) is 26.2 Å². The third-order valence-electron chi connectivity index (χ3n) is 2.81. The highest BCUT2D eigenvalue weighted by atomic mass is 79.9. The van der Waals surface area contributed by atoms with Crippen LogP contribution in [0.1, 0.15) is 22.3 Å². The van der Waals surface area contributed by atoms with E-state index in [1.165, 1.54) is 0 Å². The number of nitrogens with zero attached hydrogens (tertiary/aromatic N) is 1. The van der Waals surface area contributed by atoms with Crippen LogP contribution in [-0.4, -0.2) is 22.6 Å². The Kier molecular flexibility index (Phi) is 5.26. The van der Waals surface area contributed by atoms with Crippen LogP contribution in [0.5, 0.6) is 0 Å². The maximum Gasteiger partial charge on any atom is 0.258 e. The molecule has 0 spiro atoms. The second kappa shape index (κ2) is 7.17. The fourth-order valence-electron chi connectivity index (χ4n) is 1.84. The van der Waals surface area contributed by atoms with Gasteiger partial charge < -0.3 is 10.4 Å². The molecule has 0 atom stereocenters. The quantitative estimate of drug-likeness (QED) is 0.826. The predicted molar refractivity (Wildman–Crippen MR) is 81.7 cm³/mol. The van der Waals surface area contributed by atoms with E-state index in [-0.39, 0.29) is 12.5 Å². The normalized spacial score (nSPS) is 10.3. The SMILES string of the molecule is O=C(Nc1cccc(CCCO)c1)c1cccnc1Br. The summed E-state index contributed by atoms with van der Waals surface area (Å²) in [7, 11) is 0. The lowest BCUT2D eigenvalue weighted by molar-refractivity contribution is 0.102. The number of hydrogen-bond donors (Lipinski definition) is 2. The molecule has 0 aliphatic carbocycles. The van der Waals surface area contributed by atoms with Crippen molar-refractivity contribution in [1.82, 2.24) is 4.98 Å². The molecular weight excluding hydrogens is 320 g/mol. The highest BCUT2D eigenvalue weighted by molar-refractivity contribution is 9.10. The van der Waals surface area contributed by atoms with Crippen molar-refractivity contribution < 1.29 is 9.90 Å². The summed E-state index contributed by atoms with van der Waals surface area (Å²) >= 11 is 3.26. The van der Waals surface area contributed by atoms with Crippen LogP contribution in [0, 0.1) is 0 Å². The second-order valence-corrected chi connectivity index (χ2v) is 5.07.